The Hall–Kier alpha value is -1.18. The molecule has 0 saturated heterocycles. The van der Waals surface area contributed by atoms with Crippen LogP contribution in [0.15, 0.2) is 0 Å². The molecule has 3 N–H and O–H groups in total. The first-order chi connectivity index (χ1) is 8.38. The quantitative estimate of drug-likeness (QED) is 0.768. The third kappa shape index (κ3) is 2.80. The molecule has 0 radical (unpaired) electrons. The van der Waals surface area contributed by atoms with E-state index in [1.54, 1.807) is 0 Å². The lowest BCUT2D eigenvalue weighted by atomic mass is 9.88. The number of nitrogens with zero attached hydrogens (tertiary/aromatic N) is 1. The maximum Gasteiger partial charge on any atom is 0.405 e. The lowest BCUT2D eigenvalue weighted by molar-refractivity contribution is 0.0305. The number of nitrogens with one attached hydrogen (secondary N) is 1. The van der Waals surface area contributed by atoms with E-state index in [0.29, 0.717) is 5.82 Å². The van der Waals surface area contributed by atoms with Gasteiger partial charge in [0, 0.05) is 5.41 Å². The average molecular weight is 361 g/mol. The molecular weight excluding hydrogens is 345 g/mol. The van der Waals surface area contributed by atoms with Gasteiger partial charge >= 0.3 is 6.09 Å². The first kappa shape index (κ1) is 13.3. The number of amides is 1. The lowest BCUT2D eigenvalue weighted by Gasteiger charge is -2.27. The van der Waals surface area contributed by atoms with E-state index in [2.05, 4.69) is 18.1 Å². The lowest BCUT2D eigenvalue weighted by Crippen LogP contribution is -2.28. The van der Waals surface area contributed by atoms with Crippen molar-refractivity contribution in [2.45, 2.75) is 26.9 Å². The van der Waals surface area contributed by atoms with E-state index in [1.807, 2.05) is 26.8 Å². The molecule has 0 aliphatic carbocycles. The molecule has 1 aromatic heterocycles. The first-order valence-electron chi connectivity index (χ1n) is 5.55. The molecule has 5 nitrogen and oxygen atoms in total. The molecule has 1 amide bonds. The predicted octanol–water partition coefficient (Wildman–Crippen LogP) is 0.897. The van der Waals surface area contributed by atoms with Crippen LogP contribution in [0.2, 0.25) is 0 Å². The minimum Gasteiger partial charge on any atom is -0.438 e. The second kappa shape index (κ2) is 4.83. The number of hydrogen-bond donors (Lipinski definition) is 2. The largest absolute Gasteiger partial charge is 0.438 e. The van der Waals surface area contributed by atoms with Crippen LogP contribution < -0.4 is 16.4 Å². The Morgan fingerprint density at radius 1 is 1.56 bits per heavy atom. The van der Waals surface area contributed by atoms with Crippen LogP contribution in [0.25, 0.3) is 10.2 Å². The van der Waals surface area contributed by atoms with E-state index in [4.69, 9.17) is 10.5 Å². The van der Waals surface area contributed by atoms with Gasteiger partial charge in [-0.1, -0.05) is 41.5 Å². The highest BCUT2D eigenvalue weighted by Gasteiger charge is 2.32. The number of carbonyl (C=O) groups is 1. The van der Waals surface area contributed by atoms with E-state index in [9.17, 15) is 4.79 Å². The summed E-state index contributed by atoms with van der Waals surface area (Å²) in [6.45, 7) is 5.94. The number of imidazole rings is 1. The van der Waals surface area contributed by atoms with Gasteiger partial charge in [-0.25, -0.2) is 9.78 Å². The fourth-order valence-corrected chi connectivity index (χ4v) is 3.30. The molecule has 0 aromatic carbocycles. The summed E-state index contributed by atoms with van der Waals surface area (Å²) in [6, 6.07) is 0. The Kier molecular flexibility index (Phi) is 3.56. The van der Waals surface area contributed by atoms with Crippen LogP contribution in [-0.2, 0) is 4.74 Å². The minimum absolute atomic E-state index is 0.0473. The number of aromatic nitrogens is 2. The fourth-order valence-electron chi connectivity index (χ4n) is 1.71. The number of halogens is 1. The number of rotatable bonds is 2. The molecule has 98 valence electrons. The molecule has 2 rings (SSSR count). The molecule has 1 atom stereocenters. The highest BCUT2D eigenvalue weighted by Crippen LogP contribution is 2.33. The van der Waals surface area contributed by atoms with Crippen molar-refractivity contribution in [1.82, 2.24) is 9.97 Å². The number of nitrogens with two attached hydrogens (primary N) is 1. The zero-order chi connectivity index (χ0) is 13.3. The topological polar surface area (TPSA) is 81.0 Å². The smallest absolute Gasteiger partial charge is 0.405 e. The Balaban J connectivity index is 2.44. The van der Waals surface area contributed by atoms with Crippen LogP contribution in [0, 0.1) is 5.41 Å². The third-order valence-electron chi connectivity index (χ3n) is 2.52. The zero-order valence-corrected chi connectivity index (χ0v) is 12.7. The Bertz CT molecular complexity index is 575. The standard InChI is InChI=1S/C12H16IN3O2/c1-12(2,3)9(18-11(14)17)10-15-7-4-5-13-6-8(7)16-10/h4-6,9H,1-3H3,(H2,14,17)(H,15,16). The molecule has 1 aromatic rings. The Morgan fingerprint density at radius 3 is 2.83 bits per heavy atom. The van der Waals surface area contributed by atoms with Crippen LogP contribution in [-0.4, -0.2) is 20.1 Å². The molecule has 1 aliphatic rings. The maximum absolute atomic E-state index is 11.0. The fraction of sp³-hybridized carbons (Fsp3) is 0.417. The summed E-state index contributed by atoms with van der Waals surface area (Å²) < 4.78 is 9.49. The van der Waals surface area contributed by atoms with E-state index in [-0.39, 0.29) is 26.1 Å². The number of H-pyrrole nitrogens is 1. The molecule has 0 fully saturated rings. The van der Waals surface area contributed by atoms with Crippen molar-refractivity contribution in [2.24, 2.45) is 11.1 Å². The number of carbonyl (C=O) groups excluding carboxylic acids is 1. The van der Waals surface area contributed by atoms with Gasteiger partial charge in [0.2, 0.25) is 0 Å². The first-order valence-corrected chi connectivity index (χ1v) is 8.05. The van der Waals surface area contributed by atoms with Gasteiger partial charge in [-0.2, -0.15) is 0 Å². The van der Waals surface area contributed by atoms with Crippen LogP contribution in [0.3, 0.4) is 0 Å². The van der Waals surface area contributed by atoms with Gasteiger partial charge in [-0.3, -0.25) is 0 Å². The van der Waals surface area contributed by atoms with Crippen molar-refractivity contribution in [1.29, 1.82) is 0 Å². The summed E-state index contributed by atoms with van der Waals surface area (Å²) in [6.07, 6.45) is 0.778. The number of aromatic amines is 1. The highest BCUT2D eigenvalue weighted by molar-refractivity contribution is 14.2. The van der Waals surface area contributed by atoms with Gasteiger partial charge in [0.1, 0.15) is 5.82 Å². The number of hydrogen-bond acceptors (Lipinski definition) is 3. The summed E-state index contributed by atoms with van der Waals surface area (Å²) in [7, 11) is 0. The molecule has 0 saturated carbocycles. The Morgan fingerprint density at radius 2 is 2.28 bits per heavy atom. The van der Waals surface area contributed by atoms with Crippen molar-refractivity contribution >= 4 is 41.0 Å². The molecule has 0 spiro atoms. The van der Waals surface area contributed by atoms with Gasteiger partial charge in [0.15, 0.2) is 6.10 Å². The van der Waals surface area contributed by atoms with Gasteiger partial charge in [-0.05, 0) is 14.2 Å². The van der Waals surface area contributed by atoms with Crippen LogP contribution in [0.5, 0.6) is 0 Å². The van der Waals surface area contributed by atoms with E-state index in [1.165, 1.54) is 0 Å². The molecular formula is C12H16IN3O2. The van der Waals surface area contributed by atoms with Crippen molar-refractivity contribution in [3.05, 3.63) is 16.5 Å². The molecule has 18 heavy (non-hydrogen) atoms. The predicted molar refractivity (Wildman–Crippen MR) is 79.7 cm³/mol. The van der Waals surface area contributed by atoms with E-state index < -0.39 is 12.2 Å². The second-order valence-electron chi connectivity index (χ2n) is 5.13. The molecule has 1 aliphatic heterocycles. The third-order valence-corrected chi connectivity index (χ3v) is 4.24. The molecule has 1 unspecified atom stereocenters. The number of fused-ring (bicyclic) bond motifs is 1. The van der Waals surface area contributed by atoms with Gasteiger partial charge < -0.3 is 15.5 Å². The monoisotopic (exact) mass is 361 g/mol. The van der Waals surface area contributed by atoms with Crippen molar-refractivity contribution in [3.8, 4) is 0 Å². The van der Waals surface area contributed by atoms with Gasteiger partial charge in [0.05, 0.1) is 10.7 Å². The SMILES string of the molecule is CC(C)(C)C(OC(N)=O)c1nc2c([nH]1)=CC=IC=2. The average Bonchev–Trinajstić information content (AvgIpc) is 2.67. The minimum atomic E-state index is -0.781. The van der Waals surface area contributed by atoms with Crippen LogP contribution in [0.1, 0.15) is 32.7 Å². The van der Waals surface area contributed by atoms with E-state index >= 15 is 0 Å². The zero-order valence-electron chi connectivity index (χ0n) is 10.5. The summed E-state index contributed by atoms with van der Waals surface area (Å²) in [4.78, 5) is 18.7. The van der Waals surface area contributed by atoms with Crippen LogP contribution in [0.4, 0.5) is 4.79 Å². The molecule has 2 heterocycles. The van der Waals surface area contributed by atoms with Crippen molar-refractivity contribution in [2.75, 3.05) is 0 Å². The number of primary amides is 1. The molecule has 0 bridgehead atoms. The Labute approximate surface area is 115 Å². The summed E-state index contributed by atoms with van der Waals surface area (Å²) >= 11 is -0.0473. The van der Waals surface area contributed by atoms with Gasteiger partial charge in [-0.15, -0.1) is 0 Å². The van der Waals surface area contributed by atoms with Crippen molar-refractivity contribution in [3.63, 3.8) is 0 Å². The summed E-state index contributed by atoms with van der Waals surface area (Å²) in [5, 5.41) is 1.92. The van der Waals surface area contributed by atoms with Crippen LogP contribution >= 0.6 is 20.7 Å². The second-order valence-corrected chi connectivity index (χ2v) is 7.19. The maximum atomic E-state index is 11.0. The van der Waals surface area contributed by atoms with Crippen molar-refractivity contribution < 1.29 is 9.53 Å². The highest BCUT2D eigenvalue weighted by atomic mass is 127. The number of ether oxygens (including phenoxy) is 1. The van der Waals surface area contributed by atoms with Gasteiger partial charge in [0.25, 0.3) is 0 Å². The normalized spacial score (nSPS) is 15.7. The molecule has 6 heteroatoms. The summed E-state index contributed by atoms with van der Waals surface area (Å²) in [5.74, 6) is 0.651. The summed E-state index contributed by atoms with van der Waals surface area (Å²) in [5.41, 5.74) is 4.86. The van der Waals surface area contributed by atoms with E-state index in [0.717, 1.165) is 10.7 Å².